The highest BCUT2D eigenvalue weighted by Gasteiger charge is 2.13. The molecular formula is C21H21N7O. The molecule has 8 heteroatoms. The SMILES string of the molecule is CCc1cc(NCc2ccc(N(C)C(=O)c3ccncc3)cc2)n2ncnc2n1. The topological polar surface area (TPSA) is 88.3 Å². The second-order valence-corrected chi connectivity index (χ2v) is 6.58. The molecule has 0 saturated carbocycles. The molecule has 8 nitrogen and oxygen atoms in total. The van der Waals surface area contributed by atoms with Gasteiger partial charge in [0.1, 0.15) is 12.1 Å². The zero-order chi connectivity index (χ0) is 20.2. The van der Waals surface area contributed by atoms with E-state index in [0.717, 1.165) is 29.2 Å². The van der Waals surface area contributed by atoms with E-state index < -0.39 is 0 Å². The predicted molar refractivity (Wildman–Crippen MR) is 111 cm³/mol. The lowest BCUT2D eigenvalue weighted by Gasteiger charge is -2.18. The molecule has 4 rings (SSSR count). The van der Waals surface area contributed by atoms with Crippen LogP contribution in [0.25, 0.3) is 5.78 Å². The first-order valence-electron chi connectivity index (χ1n) is 9.36. The normalized spacial score (nSPS) is 10.8. The maximum absolute atomic E-state index is 12.6. The van der Waals surface area contributed by atoms with Crippen molar-refractivity contribution in [1.82, 2.24) is 24.6 Å². The number of rotatable bonds is 6. The van der Waals surface area contributed by atoms with Crippen molar-refractivity contribution in [3.05, 3.63) is 78.0 Å². The Balaban J connectivity index is 1.46. The van der Waals surface area contributed by atoms with E-state index in [1.54, 1.807) is 41.0 Å². The highest BCUT2D eigenvalue weighted by molar-refractivity contribution is 6.05. The van der Waals surface area contributed by atoms with Gasteiger partial charge in [-0.05, 0) is 36.2 Å². The molecule has 0 fully saturated rings. The van der Waals surface area contributed by atoms with Crippen molar-refractivity contribution in [2.75, 3.05) is 17.3 Å². The van der Waals surface area contributed by atoms with Gasteiger partial charge in [0.15, 0.2) is 0 Å². The number of nitrogens with zero attached hydrogens (tertiary/aromatic N) is 6. The summed E-state index contributed by atoms with van der Waals surface area (Å²) in [6.45, 7) is 2.67. The first kappa shape index (κ1) is 18.5. The molecule has 3 heterocycles. The largest absolute Gasteiger partial charge is 0.366 e. The predicted octanol–water partition coefficient (Wildman–Crippen LogP) is 2.97. The molecular weight excluding hydrogens is 366 g/mol. The van der Waals surface area contributed by atoms with Crippen LogP contribution in [0.2, 0.25) is 0 Å². The average Bonchev–Trinajstić information content (AvgIpc) is 3.26. The molecule has 1 N–H and O–H groups in total. The molecule has 29 heavy (non-hydrogen) atoms. The number of aromatic nitrogens is 5. The van der Waals surface area contributed by atoms with Gasteiger partial charge in [0.25, 0.3) is 11.7 Å². The number of hydrogen-bond donors (Lipinski definition) is 1. The van der Waals surface area contributed by atoms with E-state index >= 15 is 0 Å². The molecule has 146 valence electrons. The van der Waals surface area contributed by atoms with Crippen LogP contribution >= 0.6 is 0 Å². The molecule has 0 aliphatic heterocycles. The second-order valence-electron chi connectivity index (χ2n) is 6.58. The highest BCUT2D eigenvalue weighted by atomic mass is 16.2. The lowest BCUT2D eigenvalue weighted by atomic mass is 10.1. The van der Waals surface area contributed by atoms with Crippen LogP contribution < -0.4 is 10.2 Å². The van der Waals surface area contributed by atoms with E-state index in [1.165, 1.54) is 6.33 Å². The minimum absolute atomic E-state index is 0.0734. The van der Waals surface area contributed by atoms with Gasteiger partial charge in [0.2, 0.25) is 0 Å². The molecule has 1 amide bonds. The third-order valence-electron chi connectivity index (χ3n) is 4.70. The van der Waals surface area contributed by atoms with Crippen LogP contribution in [0.5, 0.6) is 0 Å². The van der Waals surface area contributed by atoms with Gasteiger partial charge in [-0.25, -0.2) is 4.98 Å². The van der Waals surface area contributed by atoms with Gasteiger partial charge in [0, 0.05) is 49.0 Å². The summed E-state index contributed by atoms with van der Waals surface area (Å²) in [5.74, 6) is 1.35. The van der Waals surface area contributed by atoms with E-state index in [4.69, 9.17) is 0 Å². The summed E-state index contributed by atoms with van der Waals surface area (Å²) in [5, 5.41) is 7.62. The molecule has 1 aromatic carbocycles. The van der Waals surface area contributed by atoms with Crippen molar-refractivity contribution >= 4 is 23.2 Å². The Bertz CT molecular complexity index is 1120. The van der Waals surface area contributed by atoms with Crippen LogP contribution in [-0.4, -0.2) is 37.5 Å². The molecule has 0 unspecified atom stereocenters. The van der Waals surface area contributed by atoms with Crippen LogP contribution in [0.1, 0.15) is 28.5 Å². The van der Waals surface area contributed by atoms with Crippen molar-refractivity contribution in [3.63, 3.8) is 0 Å². The number of hydrogen-bond acceptors (Lipinski definition) is 6. The number of anilines is 2. The van der Waals surface area contributed by atoms with E-state index in [1.807, 2.05) is 30.3 Å². The Labute approximate surface area is 168 Å². The Morgan fingerprint density at radius 1 is 1.14 bits per heavy atom. The maximum Gasteiger partial charge on any atom is 0.258 e. The number of pyridine rings is 1. The Hall–Kier alpha value is -3.81. The summed E-state index contributed by atoms with van der Waals surface area (Å²) in [4.78, 5) is 26.8. The van der Waals surface area contributed by atoms with Gasteiger partial charge in [-0.15, -0.1) is 0 Å². The lowest BCUT2D eigenvalue weighted by molar-refractivity contribution is 0.0993. The first-order chi connectivity index (χ1) is 14.2. The fraction of sp³-hybridized carbons (Fsp3) is 0.190. The minimum Gasteiger partial charge on any atom is -0.366 e. The number of nitrogens with one attached hydrogen (secondary N) is 1. The van der Waals surface area contributed by atoms with Crippen molar-refractivity contribution in [2.24, 2.45) is 0 Å². The fourth-order valence-electron chi connectivity index (χ4n) is 3.00. The Morgan fingerprint density at radius 3 is 2.62 bits per heavy atom. The van der Waals surface area contributed by atoms with Crippen LogP contribution in [0.4, 0.5) is 11.5 Å². The van der Waals surface area contributed by atoms with Crippen LogP contribution in [-0.2, 0) is 13.0 Å². The van der Waals surface area contributed by atoms with E-state index in [9.17, 15) is 4.79 Å². The molecule has 0 radical (unpaired) electrons. The fourth-order valence-corrected chi connectivity index (χ4v) is 3.00. The standard InChI is InChI=1S/C21H21N7O/c1-3-17-12-19(28-21(26-17)24-14-25-28)23-13-15-4-6-18(7-5-15)27(2)20(29)16-8-10-22-11-9-16/h4-12,14,23H,3,13H2,1-2H3. The highest BCUT2D eigenvalue weighted by Crippen LogP contribution is 2.18. The lowest BCUT2D eigenvalue weighted by Crippen LogP contribution is -2.26. The maximum atomic E-state index is 12.6. The molecule has 4 aromatic rings. The number of carbonyl (C=O) groups is 1. The van der Waals surface area contributed by atoms with E-state index in [2.05, 4.69) is 32.3 Å². The quantitative estimate of drug-likeness (QED) is 0.547. The van der Waals surface area contributed by atoms with Crippen LogP contribution in [0.3, 0.4) is 0 Å². The van der Waals surface area contributed by atoms with Gasteiger partial charge in [-0.1, -0.05) is 19.1 Å². The molecule has 0 bridgehead atoms. The monoisotopic (exact) mass is 387 g/mol. The van der Waals surface area contributed by atoms with Crippen molar-refractivity contribution in [1.29, 1.82) is 0 Å². The summed E-state index contributed by atoms with van der Waals surface area (Å²) >= 11 is 0. The Morgan fingerprint density at radius 2 is 1.90 bits per heavy atom. The second kappa shape index (κ2) is 8.05. The molecule has 0 atom stereocenters. The number of fused-ring (bicyclic) bond motifs is 1. The van der Waals surface area contributed by atoms with Gasteiger partial charge in [-0.3, -0.25) is 9.78 Å². The number of benzene rings is 1. The number of carbonyl (C=O) groups excluding carboxylic acids is 1. The molecule has 3 aromatic heterocycles. The zero-order valence-electron chi connectivity index (χ0n) is 16.3. The smallest absolute Gasteiger partial charge is 0.258 e. The van der Waals surface area contributed by atoms with Crippen molar-refractivity contribution < 1.29 is 4.79 Å². The molecule has 0 spiro atoms. The number of amides is 1. The van der Waals surface area contributed by atoms with Gasteiger partial charge in [-0.2, -0.15) is 14.6 Å². The third kappa shape index (κ3) is 3.91. The summed E-state index contributed by atoms with van der Waals surface area (Å²) < 4.78 is 1.69. The molecule has 0 saturated heterocycles. The van der Waals surface area contributed by atoms with E-state index in [-0.39, 0.29) is 5.91 Å². The Kier molecular flexibility index (Phi) is 5.15. The van der Waals surface area contributed by atoms with Crippen LogP contribution in [0.15, 0.2) is 61.2 Å². The number of aryl methyl sites for hydroxylation is 1. The zero-order valence-corrected chi connectivity index (χ0v) is 16.3. The average molecular weight is 387 g/mol. The third-order valence-corrected chi connectivity index (χ3v) is 4.70. The molecule has 0 aliphatic carbocycles. The van der Waals surface area contributed by atoms with Crippen LogP contribution in [0, 0.1) is 0 Å². The molecule has 0 aliphatic rings. The summed E-state index contributed by atoms with van der Waals surface area (Å²) in [5.41, 5.74) is 3.47. The summed E-state index contributed by atoms with van der Waals surface area (Å²) in [6.07, 6.45) is 5.55. The summed E-state index contributed by atoms with van der Waals surface area (Å²) in [6, 6.07) is 13.3. The van der Waals surface area contributed by atoms with Gasteiger partial charge >= 0.3 is 0 Å². The van der Waals surface area contributed by atoms with Crippen molar-refractivity contribution in [2.45, 2.75) is 19.9 Å². The minimum atomic E-state index is -0.0734. The van der Waals surface area contributed by atoms with E-state index in [0.29, 0.717) is 17.9 Å². The van der Waals surface area contributed by atoms with Crippen molar-refractivity contribution in [3.8, 4) is 0 Å². The first-order valence-corrected chi connectivity index (χ1v) is 9.36. The van der Waals surface area contributed by atoms with Gasteiger partial charge in [0.05, 0.1) is 0 Å². The summed E-state index contributed by atoms with van der Waals surface area (Å²) in [7, 11) is 1.76. The van der Waals surface area contributed by atoms with Gasteiger partial charge < -0.3 is 10.2 Å².